The highest BCUT2D eigenvalue weighted by atomic mass is 35.5. The Bertz CT molecular complexity index is 852. The van der Waals surface area contributed by atoms with Crippen LogP contribution in [0.15, 0.2) is 35.6 Å². The molecule has 0 fully saturated rings. The predicted molar refractivity (Wildman–Crippen MR) is 101 cm³/mol. The van der Waals surface area contributed by atoms with Crippen LogP contribution in [-0.4, -0.2) is 26.0 Å². The van der Waals surface area contributed by atoms with E-state index in [1.807, 2.05) is 41.4 Å². The van der Waals surface area contributed by atoms with Gasteiger partial charge in [-0.1, -0.05) is 35.5 Å². The third-order valence-corrected chi connectivity index (χ3v) is 4.40. The fourth-order valence-corrected chi connectivity index (χ4v) is 2.88. The minimum atomic E-state index is -0.140. The molecule has 2 heterocycles. The molecule has 0 atom stereocenters. The predicted octanol–water partition coefficient (Wildman–Crippen LogP) is 4.57. The van der Waals surface area contributed by atoms with E-state index < -0.39 is 0 Å². The van der Waals surface area contributed by atoms with Crippen LogP contribution in [-0.2, 0) is 12.1 Å². The van der Waals surface area contributed by atoms with Crippen molar-refractivity contribution in [2.24, 2.45) is 0 Å². The molecule has 5 nitrogen and oxygen atoms in total. The Hall–Kier alpha value is -1.79. The average Bonchev–Trinajstić information content (AvgIpc) is 2.98. The minimum absolute atomic E-state index is 0.140. The summed E-state index contributed by atoms with van der Waals surface area (Å²) in [6.07, 6.45) is 3.80. The number of anilines is 1. The first-order valence-electron chi connectivity index (χ1n) is 7.67. The van der Waals surface area contributed by atoms with Crippen LogP contribution >= 0.6 is 23.4 Å². The van der Waals surface area contributed by atoms with E-state index in [9.17, 15) is 0 Å². The maximum absolute atomic E-state index is 5.94. The van der Waals surface area contributed by atoms with Crippen molar-refractivity contribution in [3.63, 3.8) is 0 Å². The first-order valence-corrected chi connectivity index (χ1v) is 9.27. The third kappa shape index (κ3) is 3.49. The van der Waals surface area contributed by atoms with Crippen molar-refractivity contribution >= 4 is 40.2 Å². The number of rotatable bonds is 4. The number of thioether (sulfide) groups is 1. The summed E-state index contributed by atoms with van der Waals surface area (Å²) in [5.41, 5.74) is 1.85. The maximum Gasteiger partial charge on any atom is 0.191 e. The topological polar surface area (TPSA) is 55.6 Å². The number of aromatic nitrogens is 4. The smallest absolute Gasteiger partial charge is 0.191 e. The molecule has 3 rings (SSSR count). The molecule has 1 aromatic carbocycles. The Morgan fingerprint density at radius 3 is 2.50 bits per heavy atom. The molecule has 0 saturated heterocycles. The standard InChI is InChI=1S/C17H20ClN5S/c1-17(2,3)23-15-13(10-20-23)14(21-16(22-15)24-4)19-9-11-5-7-12(18)8-6-11/h5-8,10H,9H2,1-4H3,(H,19,21,22). The van der Waals surface area contributed by atoms with Gasteiger partial charge in [0.2, 0.25) is 0 Å². The number of nitrogens with one attached hydrogen (secondary N) is 1. The van der Waals surface area contributed by atoms with Crippen LogP contribution in [0.3, 0.4) is 0 Å². The lowest BCUT2D eigenvalue weighted by molar-refractivity contribution is 0.365. The third-order valence-electron chi connectivity index (χ3n) is 3.60. The van der Waals surface area contributed by atoms with E-state index in [1.165, 1.54) is 11.8 Å². The van der Waals surface area contributed by atoms with E-state index in [1.54, 1.807) is 0 Å². The molecular weight excluding hydrogens is 342 g/mol. The van der Waals surface area contributed by atoms with E-state index in [0.29, 0.717) is 6.54 Å². The van der Waals surface area contributed by atoms with Crippen LogP contribution in [0.5, 0.6) is 0 Å². The number of benzene rings is 1. The summed E-state index contributed by atoms with van der Waals surface area (Å²) in [6, 6.07) is 7.78. The van der Waals surface area contributed by atoms with Gasteiger partial charge in [0.25, 0.3) is 0 Å². The fourth-order valence-electron chi connectivity index (χ4n) is 2.39. The molecule has 0 unspecified atom stereocenters. The van der Waals surface area contributed by atoms with Gasteiger partial charge >= 0.3 is 0 Å². The first kappa shape index (κ1) is 17.0. The molecule has 0 aliphatic rings. The molecule has 126 valence electrons. The molecule has 0 aliphatic carbocycles. The van der Waals surface area contributed by atoms with Gasteiger partial charge in [-0.3, -0.25) is 0 Å². The number of hydrogen-bond acceptors (Lipinski definition) is 5. The second-order valence-corrected chi connectivity index (χ2v) is 7.71. The van der Waals surface area contributed by atoms with E-state index in [0.717, 1.165) is 32.6 Å². The van der Waals surface area contributed by atoms with Crippen LogP contribution in [0.1, 0.15) is 26.3 Å². The van der Waals surface area contributed by atoms with Gasteiger partial charge < -0.3 is 5.32 Å². The average molecular weight is 362 g/mol. The molecule has 24 heavy (non-hydrogen) atoms. The van der Waals surface area contributed by atoms with E-state index in [2.05, 4.69) is 41.2 Å². The van der Waals surface area contributed by atoms with Gasteiger partial charge in [-0.05, 0) is 44.7 Å². The Morgan fingerprint density at radius 1 is 1.17 bits per heavy atom. The van der Waals surface area contributed by atoms with Gasteiger partial charge in [0, 0.05) is 11.6 Å². The summed E-state index contributed by atoms with van der Waals surface area (Å²) < 4.78 is 1.94. The second-order valence-electron chi connectivity index (χ2n) is 6.50. The molecular formula is C17H20ClN5S. The van der Waals surface area contributed by atoms with E-state index in [-0.39, 0.29) is 5.54 Å². The van der Waals surface area contributed by atoms with Crippen LogP contribution in [0.25, 0.3) is 11.0 Å². The van der Waals surface area contributed by atoms with Crippen molar-refractivity contribution in [2.45, 2.75) is 38.0 Å². The first-order chi connectivity index (χ1) is 11.4. The van der Waals surface area contributed by atoms with Crippen molar-refractivity contribution in [1.82, 2.24) is 19.7 Å². The molecule has 0 bridgehead atoms. The van der Waals surface area contributed by atoms with Gasteiger partial charge in [-0.2, -0.15) is 5.10 Å². The monoisotopic (exact) mass is 361 g/mol. The van der Waals surface area contributed by atoms with Crippen molar-refractivity contribution < 1.29 is 0 Å². The zero-order valence-corrected chi connectivity index (χ0v) is 15.7. The largest absolute Gasteiger partial charge is 0.365 e. The highest BCUT2D eigenvalue weighted by Gasteiger charge is 2.20. The number of nitrogens with zero attached hydrogens (tertiary/aromatic N) is 4. The van der Waals surface area contributed by atoms with Crippen LogP contribution in [0.2, 0.25) is 5.02 Å². The summed E-state index contributed by atoms with van der Waals surface area (Å²) in [7, 11) is 0. The summed E-state index contributed by atoms with van der Waals surface area (Å²) >= 11 is 7.46. The lowest BCUT2D eigenvalue weighted by Gasteiger charge is -2.20. The van der Waals surface area contributed by atoms with E-state index in [4.69, 9.17) is 11.6 Å². The molecule has 0 radical (unpaired) electrons. The Kier molecular flexibility index (Phi) is 4.69. The van der Waals surface area contributed by atoms with E-state index >= 15 is 0 Å². The van der Waals surface area contributed by atoms with Gasteiger partial charge in [-0.15, -0.1) is 0 Å². The molecule has 3 aromatic rings. The molecule has 0 amide bonds. The Morgan fingerprint density at radius 2 is 1.88 bits per heavy atom. The van der Waals surface area contributed by atoms with Gasteiger partial charge in [0.15, 0.2) is 10.8 Å². The maximum atomic E-state index is 5.94. The van der Waals surface area contributed by atoms with Crippen molar-refractivity contribution in [1.29, 1.82) is 0 Å². The summed E-state index contributed by atoms with van der Waals surface area (Å²) in [4.78, 5) is 9.25. The van der Waals surface area contributed by atoms with Crippen LogP contribution < -0.4 is 5.32 Å². The molecule has 1 N–H and O–H groups in total. The highest BCUT2D eigenvalue weighted by Crippen LogP contribution is 2.27. The quantitative estimate of drug-likeness (QED) is 0.545. The zero-order valence-electron chi connectivity index (χ0n) is 14.2. The van der Waals surface area contributed by atoms with Crippen molar-refractivity contribution in [2.75, 3.05) is 11.6 Å². The van der Waals surface area contributed by atoms with Crippen molar-refractivity contribution in [3.05, 3.63) is 41.0 Å². The van der Waals surface area contributed by atoms with Crippen LogP contribution in [0, 0.1) is 0 Å². The van der Waals surface area contributed by atoms with Gasteiger partial charge in [-0.25, -0.2) is 14.6 Å². The van der Waals surface area contributed by atoms with Crippen molar-refractivity contribution in [3.8, 4) is 0 Å². The van der Waals surface area contributed by atoms with Gasteiger partial charge in [0.05, 0.1) is 17.1 Å². The van der Waals surface area contributed by atoms with Gasteiger partial charge in [0.1, 0.15) is 5.82 Å². The highest BCUT2D eigenvalue weighted by molar-refractivity contribution is 7.98. The fraction of sp³-hybridized carbons (Fsp3) is 0.353. The number of halogens is 1. The lowest BCUT2D eigenvalue weighted by atomic mass is 10.1. The summed E-state index contributed by atoms with van der Waals surface area (Å²) in [5.74, 6) is 0.801. The SMILES string of the molecule is CSc1nc(NCc2ccc(Cl)cc2)c2cnn(C(C)(C)C)c2n1. The number of fused-ring (bicyclic) bond motifs is 1. The molecule has 0 aliphatic heterocycles. The summed E-state index contributed by atoms with van der Waals surface area (Å²) in [5, 5.41) is 10.3. The molecule has 0 saturated carbocycles. The number of hydrogen-bond donors (Lipinski definition) is 1. The minimum Gasteiger partial charge on any atom is -0.365 e. The molecule has 2 aromatic heterocycles. The second kappa shape index (κ2) is 6.61. The molecule has 0 spiro atoms. The Balaban J connectivity index is 1.97. The summed E-state index contributed by atoms with van der Waals surface area (Å²) in [6.45, 7) is 7.00. The Labute approximate surface area is 150 Å². The normalized spacial score (nSPS) is 11.9. The zero-order chi connectivity index (χ0) is 17.3. The molecule has 7 heteroatoms. The van der Waals surface area contributed by atoms with Crippen LogP contribution in [0.4, 0.5) is 5.82 Å². The lowest BCUT2D eigenvalue weighted by Crippen LogP contribution is -2.23.